The van der Waals surface area contributed by atoms with Crippen molar-refractivity contribution in [1.29, 1.82) is 0 Å². The normalized spacial score (nSPS) is 17.3. The van der Waals surface area contributed by atoms with E-state index >= 15 is 0 Å². The third kappa shape index (κ3) is 1.97. The average Bonchev–Trinajstić information content (AvgIpc) is 2.30. The first-order valence-corrected chi connectivity index (χ1v) is 4.55. The van der Waals surface area contributed by atoms with Crippen LogP contribution in [0.1, 0.15) is 33.6 Å². The molecule has 0 unspecified atom stereocenters. The van der Waals surface area contributed by atoms with Gasteiger partial charge in [-0.2, -0.15) is 0 Å². The van der Waals surface area contributed by atoms with Crippen molar-refractivity contribution < 1.29 is 9.59 Å². The van der Waals surface area contributed by atoms with Crippen LogP contribution in [0, 0.1) is 5.41 Å². The Kier molecular flexibility index (Phi) is 2.55. The van der Waals surface area contributed by atoms with Crippen LogP contribution >= 0.6 is 0 Å². The first kappa shape index (κ1) is 9.96. The molecule has 0 spiro atoms. The molecule has 2 amide bonds. The van der Waals surface area contributed by atoms with Gasteiger partial charge in [0, 0.05) is 11.6 Å². The largest absolute Gasteiger partial charge is 0.289 e. The van der Waals surface area contributed by atoms with Gasteiger partial charge in [-0.1, -0.05) is 27.2 Å². The fourth-order valence-electron chi connectivity index (χ4n) is 1.67. The van der Waals surface area contributed by atoms with Gasteiger partial charge in [-0.25, -0.2) is 0 Å². The van der Waals surface area contributed by atoms with E-state index in [4.69, 9.17) is 0 Å². The van der Waals surface area contributed by atoms with Crippen molar-refractivity contribution in [3.05, 3.63) is 11.6 Å². The molecular formula is C10H15NO2. The second-order valence-corrected chi connectivity index (χ2v) is 4.01. The van der Waals surface area contributed by atoms with Gasteiger partial charge >= 0.3 is 0 Å². The van der Waals surface area contributed by atoms with E-state index in [1.54, 1.807) is 0 Å². The summed E-state index contributed by atoms with van der Waals surface area (Å²) in [6.45, 7) is 6.04. The fourth-order valence-corrected chi connectivity index (χ4v) is 1.67. The molecule has 0 radical (unpaired) electrons. The minimum Gasteiger partial charge on any atom is -0.289 e. The van der Waals surface area contributed by atoms with Crippen LogP contribution < -0.4 is 5.32 Å². The molecule has 0 saturated carbocycles. The third-order valence-electron chi connectivity index (χ3n) is 2.36. The highest BCUT2D eigenvalue weighted by Gasteiger charge is 2.32. The lowest BCUT2D eigenvalue weighted by Gasteiger charge is -2.23. The molecular weight excluding hydrogens is 166 g/mol. The summed E-state index contributed by atoms with van der Waals surface area (Å²) < 4.78 is 0. The van der Waals surface area contributed by atoms with Crippen LogP contribution in [0.25, 0.3) is 0 Å². The van der Waals surface area contributed by atoms with Crippen LogP contribution in [0.3, 0.4) is 0 Å². The molecule has 0 atom stereocenters. The van der Waals surface area contributed by atoms with E-state index in [9.17, 15) is 9.59 Å². The molecule has 0 aromatic heterocycles. The highest BCUT2D eigenvalue weighted by molar-refractivity contribution is 6.16. The zero-order valence-corrected chi connectivity index (χ0v) is 8.31. The first-order chi connectivity index (χ1) is 5.97. The highest BCUT2D eigenvalue weighted by atomic mass is 16.2. The molecule has 72 valence electrons. The van der Waals surface area contributed by atoms with Crippen molar-refractivity contribution in [2.75, 3.05) is 0 Å². The average molecular weight is 181 g/mol. The van der Waals surface area contributed by atoms with E-state index in [0.717, 1.165) is 12.8 Å². The molecule has 1 N–H and O–H groups in total. The summed E-state index contributed by atoms with van der Waals surface area (Å²) in [5.41, 5.74) is 0.421. The maximum Gasteiger partial charge on any atom is 0.254 e. The van der Waals surface area contributed by atoms with Crippen molar-refractivity contribution in [2.45, 2.75) is 33.6 Å². The SMILES string of the molecule is CCCC(C)(C)C1=CC(=O)NC1=O. The van der Waals surface area contributed by atoms with Crippen molar-refractivity contribution in [2.24, 2.45) is 5.41 Å². The van der Waals surface area contributed by atoms with Crippen molar-refractivity contribution in [3.63, 3.8) is 0 Å². The lowest BCUT2D eigenvalue weighted by molar-refractivity contribution is -0.124. The van der Waals surface area contributed by atoms with E-state index in [0.29, 0.717) is 5.57 Å². The lowest BCUT2D eigenvalue weighted by atomic mass is 9.80. The van der Waals surface area contributed by atoms with Gasteiger partial charge in [0.2, 0.25) is 0 Å². The van der Waals surface area contributed by atoms with E-state index in [1.807, 2.05) is 13.8 Å². The maximum atomic E-state index is 11.3. The van der Waals surface area contributed by atoms with Gasteiger partial charge in [0.15, 0.2) is 0 Å². The summed E-state index contributed by atoms with van der Waals surface area (Å²) in [6.07, 6.45) is 3.34. The molecule has 1 aliphatic rings. The monoisotopic (exact) mass is 181 g/mol. The summed E-state index contributed by atoms with van der Waals surface area (Å²) in [6, 6.07) is 0. The second kappa shape index (κ2) is 3.32. The van der Waals surface area contributed by atoms with E-state index < -0.39 is 0 Å². The number of carbonyl (C=O) groups is 2. The molecule has 3 nitrogen and oxygen atoms in total. The standard InChI is InChI=1S/C10H15NO2/c1-4-5-10(2,3)7-6-8(12)11-9(7)13/h6H,4-5H2,1-3H3,(H,11,12,13). The van der Waals surface area contributed by atoms with Crippen LogP contribution in [-0.4, -0.2) is 11.8 Å². The topological polar surface area (TPSA) is 46.2 Å². The molecule has 0 fully saturated rings. The number of imide groups is 1. The van der Waals surface area contributed by atoms with Crippen LogP contribution in [0.15, 0.2) is 11.6 Å². The van der Waals surface area contributed by atoms with Crippen LogP contribution in [0.2, 0.25) is 0 Å². The molecule has 0 aromatic rings. The Balaban J connectivity index is 2.87. The quantitative estimate of drug-likeness (QED) is 0.669. The van der Waals surface area contributed by atoms with Gasteiger partial charge in [-0.05, 0) is 11.8 Å². The number of hydrogen-bond acceptors (Lipinski definition) is 2. The van der Waals surface area contributed by atoms with Gasteiger partial charge in [0.1, 0.15) is 0 Å². The van der Waals surface area contributed by atoms with E-state index in [-0.39, 0.29) is 17.2 Å². The number of carbonyl (C=O) groups excluding carboxylic acids is 2. The zero-order chi connectivity index (χ0) is 10.1. The Morgan fingerprint density at radius 1 is 1.38 bits per heavy atom. The van der Waals surface area contributed by atoms with Crippen LogP contribution in [0.5, 0.6) is 0 Å². The molecule has 0 aliphatic carbocycles. The maximum absolute atomic E-state index is 11.3. The Morgan fingerprint density at radius 3 is 2.38 bits per heavy atom. The van der Waals surface area contributed by atoms with Crippen LogP contribution in [-0.2, 0) is 9.59 Å². The van der Waals surface area contributed by atoms with Crippen molar-refractivity contribution in [3.8, 4) is 0 Å². The number of rotatable bonds is 3. The Labute approximate surface area is 78.2 Å². The van der Waals surface area contributed by atoms with Gasteiger partial charge in [0.05, 0.1) is 0 Å². The number of nitrogens with one attached hydrogen (secondary N) is 1. The summed E-state index contributed by atoms with van der Waals surface area (Å²) in [5.74, 6) is -0.521. The summed E-state index contributed by atoms with van der Waals surface area (Å²) in [7, 11) is 0. The van der Waals surface area contributed by atoms with Gasteiger partial charge < -0.3 is 0 Å². The van der Waals surface area contributed by atoms with Crippen LogP contribution in [0.4, 0.5) is 0 Å². The number of amides is 2. The zero-order valence-electron chi connectivity index (χ0n) is 8.31. The summed E-state index contributed by atoms with van der Waals surface area (Å²) >= 11 is 0. The molecule has 0 saturated heterocycles. The molecule has 1 aliphatic heterocycles. The lowest BCUT2D eigenvalue weighted by Crippen LogP contribution is -2.27. The van der Waals surface area contributed by atoms with E-state index in [2.05, 4.69) is 12.2 Å². The Hall–Kier alpha value is -1.12. The Bertz CT molecular complexity index is 277. The highest BCUT2D eigenvalue weighted by Crippen LogP contribution is 2.33. The van der Waals surface area contributed by atoms with Gasteiger partial charge in [0.25, 0.3) is 11.8 Å². The van der Waals surface area contributed by atoms with Crippen molar-refractivity contribution >= 4 is 11.8 Å². The molecule has 3 heteroatoms. The minimum atomic E-state index is -0.288. The second-order valence-electron chi connectivity index (χ2n) is 4.01. The molecule has 1 heterocycles. The summed E-state index contributed by atoms with van der Waals surface area (Å²) in [5, 5.41) is 2.26. The van der Waals surface area contributed by atoms with Gasteiger partial charge in [-0.15, -0.1) is 0 Å². The first-order valence-electron chi connectivity index (χ1n) is 4.55. The summed E-state index contributed by atoms with van der Waals surface area (Å²) in [4.78, 5) is 22.2. The fraction of sp³-hybridized carbons (Fsp3) is 0.600. The molecule has 0 bridgehead atoms. The predicted molar refractivity (Wildman–Crippen MR) is 49.9 cm³/mol. The van der Waals surface area contributed by atoms with Crippen molar-refractivity contribution in [1.82, 2.24) is 5.32 Å². The molecule has 0 aromatic carbocycles. The van der Waals surface area contributed by atoms with Gasteiger partial charge in [-0.3, -0.25) is 14.9 Å². The smallest absolute Gasteiger partial charge is 0.254 e. The number of hydrogen-bond donors (Lipinski definition) is 1. The minimum absolute atomic E-state index is 0.189. The predicted octanol–water partition coefficient (Wildman–Crippen LogP) is 1.40. The Morgan fingerprint density at radius 2 is 2.00 bits per heavy atom. The molecule has 13 heavy (non-hydrogen) atoms. The van der Waals surface area contributed by atoms with E-state index in [1.165, 1.54) is 6.08 Å². The molecule has 1 rings (SSSR count). The third-order valence-corrected chi connectivity index (χ3v) is 2.36.